The Kier molecular flexibility index (Phi) is 5.13. The van der Waals surface area contributed by atoms with Gasteiger partial charge in [0.05, 0.1) is 16.2 Å². The minimum absolute atomic E-state index is 0.0321. The number of hydrogen-bond acceptors (Lipinski definition) is 5. The number of hydrogen-bond donors (Lipinski definition) is 1. The Hall–Kier alpha value is -1.45. The van der Waals surface area contributed by atoms with E-state index >= 15 is 0 Å². The molecule has 1 aromatic rings. The fourth-order valence-corrected chi connectivity index (χ4v) is 2.98. The molecule has 0 saturated heterocycles. The average molecular weight is 334 g/mol. The summed E-state index contributed by atoms with van der Waals surface area (Å²) < 4.78 is 45.3. The Morgan fingerprint density at radius 1 is 1.24 bits per heavy atom. The van der Waals surface area contributed by atoms with Gasteiger partial charge in [0, 0.05) is 19.8 Å². The van der Waals surface area contributed by atoms with Crippen molar-refractivity contribution in [1.82, 2.24) is 4.90 Å². The van der Waals surface area contributed by atoms with E-state index < -0.39 is 25.8 Å². The van der Waals surface area contributed by atoms with Crippen LogP contribution >= 0.6 is 0 Å². The van der Waals surface area contributed by atoms with E-state index in [-0.39, 0.29) is 22.8 Å². The first-order chi connectivity index (χ1) is 9.42. The number of carbonyl (C=O) groups excluding carboxylic acids is 1. The molecule has 1 rings (SSSR count). The van der Waals surface area contributed by atoms with Crippen molar-refractivity contribution >= 4 is 25.8 Å². The third-order valence-electron chi connectivity index (χ3n) is 2.82. The first-order valence-corrected chi connectivity index (χ1v) is 9.59. The molecule has 0 saturated carbocycles. The molecular weight excluding hydrogens is 316 g/mol. The fourth-order valence-electron chi connectivity index (χ4n) is 1.67. The molecule has 9 heteroatoms. The van der Waals surface area contributed by atoms with E-state index in [0.29, 0.717) is 5.56 Å². The molecule has 1 amide bonds. The summed E-state index contributed by atoms with van der Waals surface area (Å²) in [6.45, 7) is 1.68. The van der Waals surface area contributed by atoms with E-state index in [4.69, 9.17) is 5.14 Å². The third kappa shape index (κ3) is 5.10. The highest BCUT2D eigenvalue weighted by Crippen LogP contribution is 2.18. The molecule has 0 radical (unpaired) electrons. The van der Waals surface area contributed by atoms with Crippen molar-refractivity contribution in [3.8, 4) is 0 Å². The van der Waals surface area contributed by atoms with Gasteiger partial charge in [-0.25, -0.2) is 22.0 Å². The summed E-state index contributed by atoms with van der Waals surface area (Å²) in [5.41, 5.74) is 0.635. The van der Waals surface area contributed by atoms with Gasteiger partial charge in [-0.3, -0.25) is 4.79 Å². The highest BCUT2D eigenvalue weighted by molar-refractivity contribution is 7.90. The van der Waals surface area contributed by atoms with Crippen molar-refractivity contribution in [2.75, 3.05) is 25.6 Å². The van der Waals surface area contributed by atoms with Gasteiger partial charge in [-0.05, 0) is 19.1 Å². The molecule has 0 atom stereocenters. The van der Waals surface area contributed by atoms with Gasteiger partial charge in [0.1, 0.15) is 9.84 Å². The van der Waals surface area contributed by atoms with Gasteiger partial charge in [-0.1, -0.05) is 11.6 Å². The van der Waals surface area contributed by atoms with Gasteiger partial charge < -0.3 is 4.90 Å². The number of amides is 1. The lowest BCUT2D eigenvalue weighted by molar-refractivity contribution is 0.0799. The minimum Gasteiger partial charge on any atom is -0.341 e. The number of nitrogens with two attached hydrogens (primary N) is 1. The van der Waals surface area contributed by atoms with Crippen LogP contribution in [0.2, 0.25) is 0 Å². The maximum Gasteiger partial charge on any atom is 0.255 e. The van der Waals surface area contributed by atoms with Crippen LogP contribution in [0.4, 0.5) is 0 Å². The summed E-state index contributed by atoms with van der Waals surface area (Å²) >= 11 is 0. The quantitative estimate of drug-likeness (QED) is 0.798. The van der Waals surface area contributed by atoms with Gasteiger partial charge in [-0.2, -0.15) is 0 Å². The Bertz CT molecular complexity index is 754. The van der Waals surface area contributed by atoms with Gasteiger partial charge >= 0.3 is 0 Å². The smallest absolute Gasteiger partial charge is 0.255 e. The van der Waals surface area contributed by atoms with Crippen molar-refractivity contribution in [2.24, 2.45) is 5.14 Å². The van der Waals surface area contributed by atoms with Crippen molar-refractivity contribution < 1.29 is 21.6 Å². The average Bonchev–Trinajstić information content (AvgIpc) is 2.32. The SMILES string of the molecule is Cc1ccc(S(N)(=O)=O)c(C(=O)N(C)CCS(C)(=O)=O)c1. The predicted molar refractivity (Wildman–Crippen MR) is 79.2 cm³/mol. The van der Waals surface area contributed by atoms with E-state index in [1.54, 1.807) is 6.92 Å². The Morgan fingerprint density at radius 3 is 2.29 bits per heavy atom. The molecule has 0 spiro atoms. The monoisotopic (exact) mass is 334 g/mol. The number of aryl methyl sites for hydroxylation is 1. The van der Waals surface area contributed by atoms with Crippen LogP contribution < -0.4 is 5.14 Å². The highest BCUT2D eigenvalue weighted by atomic mass is 32.2. The van der Waals surface area contributed by atoms with Crippen LogP contribution in [0.3, 0.4) is 0 Å². The number of rotatable bonds is 5. The fraction of sp³-hybridized carbons (Fsp3) is 0.417. The maximum absolute atomic E-state index is 12.3. The molecular formula is C12H18N2O5S2. The molecule has 0 bridgehead atoms. The molecule has 0 fully saturated rings. The highest BCUT2D eigenvalue weighted by Gasteiger charge is 2.22. The third-order valence-corrected chi connectivity index (χ3v) is 4.71. The molecule has 0 aliphatic heterocycles. The number of nitrogens with zero attached hydrogens (tertiary/aromatic N) is 1. The van der Waals surface area contributed by atoms with Crippen LogP contribution in [0, 0.1) is 6.92 Å². The molecule has 2 N–H and O–H groups in total. The van der Waals surface area contributed by atoms with Crippen molar-refractivity contribution in [3.63, 3.8) is 0 Å². The number of benzene rings is 1. The number of carbonyl (C=O) groups is 1. The summed E-state index contributed by atoms with van der Waals surface area (Å²) in [5, 5.41) is 5.09. The van der Waals surface area contributed by atoms with E-state index in [0.717, 1.165) is 11.2 Å². The second kappa shape index (κ2) is 6.12. The number of sulfone groups is 1. The molecule has 0 heterocycles. The standard InChI is InChI=1S/C12H18N2O5S2/c1-9-4-5-11(21(13,18)19)10(8-9)12(15)14(2)6-7-20(3,16)17/h4-5,8H,6-7H2,1-3H3,(H2,13,18,19). The Labute approximate surface area is 124 Å². The zero-order chi connectivity index (χ0) is 16.4. The zero-order valence-electron chi connectivity index (χ0n) is 12.0. The Balaban J connectivity index is 3.15. The lowest BCUT2D eigenvalue weighted by atomic mass is 10.1. The van der Waals surface area contributed by atoms with Gasteiger partial charge in [0.25, 0.3) is 5.91 Å². The molecule has 118 valence electrons. The lowest BCUT2D eigenvalue weighted by Gasteiger charge is -2.18. The van der Waals surface area contributed by atoms with E-state index in [9.17, 15) is 21.6 Å². The van der Waals surface area contributed by atoms with Gasteiger partial charge in [-0.15, -0.1) is 0 Å². The maximum atomic E-state index is 12.3. The van der Waals surface area contributed by atoms with Crippen LogP contribution in [0.15, 0.2) is 23.1 Å². The first-order valence-electron chi connectivity index (χ1n) is 5.98. The van der Waals surface area contributed by atoms with E-state index in [2.05, 4.69) is 0 Å². The Morgan fingerprint density at radius 2 is 1.81 bits per heavy atom. The van der Waals surface area contributed by atoms with Crippen LogP contribution in [0.5, 0.6) is 0 Å². The summed E-state index contributed by atoms with van der Waals surface area (Å²) in [6.07, 6.45) is 1.06. The van der Waals surface area contributed by atoms with Crippen molar-refractivity contribution in [3.05, 3.63) is 29.3 Å². The zero-order valence-corrected chi connectivity index (χ0v) is 13.7. The second-order valence-electron chi connectivity index (χ2n) is 4.90. The van der Waals surface area contributed by atoms with Crippen LogP contribution in [0.1, 0.15) is 15.9 Å². The van der Waals surface area contributed by atoms with Crippen molar-refractivity contribution in [1.29, 1.82) is 0 Å². The lowest BCUT2D eigenvalue weighted by Crippen LogP contribution is -2.33. The summed E-state index contributed by atoms with van der Waals surface area (Å²) in [7, 11) is -5.85. The van der Waals surface area contributed by atoms with Crippen LogP contribution in [-0.2, 0) is 19.9 Å². The minimum atomic E-state index is -4.04. The molecule has 0 aliphatic carbocycles. The summed E-state index contributed by atoms with van der Waals surface area (Å²) in [4.78, 5) is 13.2. The number of primary sulfonamides is 1. The second-order valence-corrected chi connectivity index (χ2v) is 8.69. The van der Waals surface area contributed by atoms with Crippen molar-refractivity contribution in [2.45, 2.75) is 11.8 Å². The summed E-state index contributed by atoms with van der Waals surface area (Å²) in [5.74, 6) is -0.794. The molecule has 0 aliphatic rings. The van der Waals surface area contributed by atoms with Gasteiger partial charge in [0.15, 0.2) is 0 Å². The van der Waals surface area contributed by atoms with E-state index in [1.807, 2.05) is 0 Å². The van der Waals surface area contributed by atoms with E-state index in [1.165, 1.54) is 25.2 Å². The van der Waals surface area contributed by atoms with Crippen LogP contribution in [-0.4, -0.2) is 53.2 Å². The largest absolute Gasteiger partial charge is 0.341 e. The topological polar surface area (TPSA) is 115 Å². The number of sulfonamides is 1. The molecule has 1 aromatic carbocycles. The molecule has 0 unspecified atom stereocenters. The van der Waals surface area contributed by atoms with Gasteiger partial charge in [0.2, 0.25) is 10.0 Å². The first kappa shape index (κ1) is 17.6. The van der Waals surface area contributed by atoms with Crippen LogP contribution in [0.25, 0.3) is 0 Å². The summed E-state index contributed by atoms with van der Waals surface area (Å²) in [6, 6.07) is 4.22. The molecule has 0 aromatic heterocycles. The normalized spacial score (nSPS) is 12.2. The molecule has 21 heavy (non-hydrogen) atoms. The predicted octanol–water partition coefficient (Wildman–Crippen LogP) is -0.241. The molecule has 7 nitrogen and oxygen atoms in total.